The van der Waals surface area contributed by atoms with Crippen LogP contribution in [0.2, 0.25) is 0 Å². The minimum Gasteiger partial charge on any atom is -0.369 e. The van der Waals surface area contributed by atoms with Gasteiger partial charge in [-0.1, -0.05) is 6.42 Å². The molecule has 0 aliphatic heterocycles. The number of hydrogen-bond acceptors (Lipinski definition) is 3. The molecule has 0 amide bonds. The summed E-state index contributed by atoms with van der Waals surface area (Å²) in [6.45, 7) is 0.650. The molecule has 0 saturated carbocycles. The van der Waals surface area contributed by atoms with Crippen molar-refractivity contribution in [1.29, 1.82) is 0 Å². The van der Waals surface area contributed by atoms with E-state index in [-0.39, 0.29) is 0 Å². The number of anilines is 1. The van der Waals surface area contributed by atoms with Gasteiger partial charge in [-0.2, -0.15) is 13.2 Å². The van der Waals surface area contributed by atoms with Gasteiger partial charge in [0, 0.05) is 12.4 Å². The highest BCUT2D eigenvalue weighted by Crippen LogP contribution is 2.26. The summed E-state index contributed by atoms with van der Waals surface area (Å²) in [6, 6.07) is 2.19. The number of nitrogens with zero attached hydrogens (tertiary/aromatic N) is 2. The summed E-state index contributed by atoms with van der Waals surface area (Å²) in [5.74, 6) is 0.976. The van der Waals surface area contributed by atoms with Crippen LogP contribution in [0.25, 0.3) is 0 Å². The molecule has 0 saturated heterocycles. The van der Waals surface area contributed by atoms with Gasteiger partial charge in [-0.25, -0.2) is 0 Å². The molecular weight excluding hydrogens is 255 g/mol. The summed E-state index contributed by atoms with van der Waals surface area (Å²) in [6.07, 6.45) is -1.63. The van der Waals surface area contributed by atoms with E-state index >= 15 is 0 Å². The van der Waals surface area contributed by atoms with Gasteiger partial charge in [0.05, 0.1) is 0 Å². The first-order valence-corrected chi connectivity index (χ1v) is 5.78. The predicted octanol–water partition coefficient (Wildman–Crippen LogP) is 3.32. The zero-order valence-corrected chi connectivity index (χ0v) is 9.85. The molecule has 0 aliphatic rings. The molecule has 1 N–H and O–H groups in total. The van der Waals surface area contributed by atoms with Crippen LogP contribution in [0, 0.1) is 0 Å². The van der Waals surface area contributed by atoms with Gasteiger partial charge in [-0.3, -0.25) is 0 Å². The van der Waals surface area contributed by atoms with Gasteiger partial charge in [-0.15, -0.1) is 21.8 Å². The fraction of sp³-hybridized carbons (Fsp3) is 0.600. The van der Waals surface area contributed by atoms with Crippen molar-refractivity contribution in [3.05, 3.63) is 17.8 Å². The molecule has 3 nitrogen and oxygen atoms in total. The standard InChI is InChI=1S/C10H13ClF3N3/c11-6-2-1-3-7-15-9-5-4-8(16-17-9)10(12,13)14/h4-5H,1-3,6-7H2,(H,15,17). The molecule has 7 heteroatoms. The molecule has 0 bridgehead atoms. The van der Waals surface area contributed by atoms with Gasteiger partial charge in [-0.05, 0) is 25.0 Å². The number of rotatable bonds is 6. The maximum absolute atomic E-state index is 12.2. The lowest BCUT2D eigenvalue weighted by molar-refractivity contribution is -0.141. The molecule has 0 atom stereocenters. The first-order chi connectivity index (χ1) is 8.04. The van der Waals surface area contributed by atoms with Gasteiger partial charge >= 0.3 is 6.18 Å². The molecule has 1 rings (SSSR count). The highest BCUT2D eigenvalue weighted by molar-refractivity contribution is 6.17. The molecule has 96 valence electrons. The summed E-state index contributed by atoms with van der Waals surface area (Å²) >= 11 is 5.51. The molecule has 1 aromatic heterocycles. The zero-order chi connectivity index (χ0) is 12.7. The smallest absolute Gasteiger partial charge is 0.369 e. The van der Waals surface area contributed by atoms with Crippen LogP contribution < -0.4 is 5.32 Å². The van der Waals surface area contributed by atoms with E-state index < -0.39 is 11.9 Å². The van der Waals surface area contributed by atoms with E-state index in [0.717, 1.165) is 25.3 Å². The number of unbranched alkanes of at least 4 members (excludes halogenated alkanes) is 2. The lowest BCUT2D eigenvalue weighted by Crippen LogP contribution is -2.11. The Bertz CT molecular complexity index is 327. The zero-order valence-electron chi connectivity index (χ0n) is 9.10. The third-order valence-electron chi connectivity index (χ3n) is 2.07. The van der Waals surface area contributed by atoms with E-state index in [1.165, 1.54) is 6.07 Å². The molecule has 0 spiro atoms. The SMILES string of the molecule is FC(F)(F)c1ccc(NCCCCCCl)nn1. The Hall–Kier alpha value is -1.04. The van der Waals surface area contributed by atoms with E-state index in [9.17, 15) is 13.2 Å². The summed E-state index contributed by atoms with van der Waals surface area (Å²) in [4.78, 5) is 0. The first kappa shape index (κ1) is 14.0. The van der Waals surface area contributed by atoms with E-state index in [2.05, 4.69) is 15.5 Å². The van der Waals surface area contributed by atoms with Crippen LogP contribution in [-0.4, -0.2) is 22.6 Å². The van der Waals surface area contributed by atoms with E-state index in [1.807, 2.05) is 0 Å². The van der Waals surface area contributed by atoms with Crippen molar-refractivity contribution in [2.75, 3.05) is 17.7 Å². The molecular formula is C10H13ClF3N3. The fourth-order valence-corrected chi connectivity index (χ4v) is 1.38. The Morgan fingerprint density at radius 2 is 1.88 bits per heavy atom. The van der Waals surface area contributed by atoms with E-state index in [4.69, 9.17) is 11.6 Å². The molecule has 1 aromatic rings. The minimum absolute atomic E-state index is 0.351. The van der Waals surface area contributed by atoms with Crippen molar-refractivity contribution in [1.82, 2.24) is 10.2 Å². The van der Waals surface area contributed by atoms with Crippen molar-refractivity contribution >= 4 is 17.4 Å². The summed E-state index contributed by atoms with van der Waals surface area (Å²) < 4.78 is 36.5. The van der Waals surface area contributed by atoms with Crippen LogP contribution in [0.15, 0.2) is 12.1 Å². The van der Waals surface area contributed by atoms with Crippen molar-refractivity contribution in [2.45, 2.75) is 25.4 Å². The van der Waals surface area contributed by atoms with Gasteiger partial charge in [0.1, 0.15) is 5.82 Å². The summed E-state index contributed by atoms with van der Waals surface area (Å²) in [5.41, 5.74) is -0.981. The third kappa shape index (κ3) is 5.21. The van der Waals surface area contributed by atoms with Gasteiger partial charge in [0.15, 0.2) is 5.69 Å². The highest BCUT2D eigenvalue weighted by atomic mass is 35.5. The fourth-order valence-electron chi connectivity index (χ4n) is 1.19. The van der Waals surface area contributed by atoms with Crippen LogP contribution in [-0.2, 0) is 6.18 Å². The van der Waals surface area contributed by atoms with Crippen molar-refractivity contribution < 1.29 is 13.2 Å². The van der Waals surface area contributed by atoms with E-state index in [0.29, 0.717) is 18.2 Å². The largest absolute Gasteiger partial charge is 0.435 e. The number of alkyl halides is 4. The lowest BCUT2D eigenvalue weighted by atomic mass is 10.2. The summed E-state index contributed by atoms with van der Waals surface area (Å²) in [7, 11) is 0. The number of hydrogen-bond donors (Lipinski definition) is 1. The van der Waals surface area contributed by atoms with Crippen molar-refractivity contribution in [3.63, 3.8) is 0 Å². The second-order valence-electron chi connectivity index (χ2n) is 3.48. The Morgan fingerprint density at radius 1 is 1.12 bits per heavy atom. The topological polar surface area (TPSA) is 37.8 Å². The number of aromatic nitrogens is 2. The Kier molecular flexibility index (Phi) is 5.47. The highest BCUT2D eigenvalue weighted by Gasteiger charge is 2.32. The lowest BCUT2D eigenvalue weighted by Gasteiger charge is -2.07. The molecule has 17 heavy (non-hydrogen) atoms. The number of nitrogens with one attached hydrogen (secondary N) is 1. The molecule has 0 aliphatic carbocycles. The average Bonchev–Trinajstić information content (AvgIpc) is 2.28. The predicted molar refractivity (Wildman–Crippen MR) is 60.1 cm³/mol. The molecule has 0 aromatic carbocycles. The van der Waals surface area contributed by atoms with Gasteiger partial charge in [0.2, 0.25) is 0 Å². The maximum atomic E-state index is 12.2. The first-order valence-electron chi connectivity index (χ1n) is 5.25. The van der Waals surface area contributed by atoms with Crippen LogP contribution >= 0.6 is 11.6 Å². The summed E-state index contributed by atoms with van der Waals surface area (Å²) in [5, 5.41) is 9.46. The molecule has 0 unspecified atom stereocenters. The van der Waals surface area contributed by atoms with Crippen molar-refractivity contribution in [3.8, 4) is 0 Å². The van der Waals surface area contributed by atoms with Gasteiger partial charge < -0.3 is 5.32 Å². The Balaban J connectivity index is 2.36. The number of halogens is 4. The molecule has 0 radical (unpaired) electrons. The molecule has 1 heterocycles. The van der Waals surface area contributed by atoms with Crippen molar-refractivity contribution in [2.24, 2.45) is 0 Å². The second kappa shape index (κ2) is 6.64. The van der Waals surface area contributed by atoms with Crippen LogP contribution in [0.4, 0.5) is 19.0 Å². The van der Waals surface area contributed by atoms with Crippen LogP contribution in [0.5, 0.6) is 0 Å². The monoisotopic (exact) mass is 267 g/mol. The van der Waals surface area contributed by atoms with Crippen LogP contribution in [0.1, 0.15) is 25.0 Å². The molecule has 0 fully saturated rings. The second-order valence-corrected chi connectivity index (χ2v) is 3.86. The minimum atomic E-state index is -4.44. The maximum Gasteiger partial charge on any atom is 0.435 e. The average molecular weight is 268 g/mol. The van der Waals surface area contributed by atoms with Crippen LogP contribution in [0.3, 0.4) is 0 Å². The quantitative estimate of drug-likeness (QED) is 0.635. The van der Waals surface area contributed by atoms with Gasteiger partial charge in [0.25, 0.3) is 0 Å². The Labute approximate surface area is 102 Å². The Morgan fingerprint density at radius 3 is 2.41 bits per heavy atom. The van der Waals surface area contributed by atoms with E-state index in [1.54, 1.807) is 0 Å². The normalized spacial score (nSPS) is 11.5. The third-order valence-corrected chi connectivity index (χ3v) is 2.34.